The lowest BCUT2D eigenvalue weighted by molar-refractivity contribution is 0.0983. The maximum absolute atomic E-state index is 12.1. The summed E-state index contributed by atoms with van der Waals surface area (Å²) in [6, 6.07) is 7.72. The number of anilines is 1. The second-order valence-corrected chi connectivity index (χ2v) is 4.89. The van der Waals surface area contributed by atoms with E-state index in [1.165, 1.54) is 0 Å². The van der Waals surface area contributed by atoms with Crippen molar-refractivity contribution in [3.8, 4) is 0 Å². The first kappa shape index (κ1) is 13.3. The van der Waals surface area contributed by atoms with Crippen LogP contribution in [0.25, 0.3) is 0 Å². The van der Waals surface area contributed by atoms with Crippen LogP contribution in [0.15, 0.2) is 36.7 Å². The first-order chi connectivity index (χ1) is 9.06. The molecule has 0 N–H and O–H groups in total. The van der Waals surface area contributed by atoms with Gasteiger partial charge in [-0.15, -0.1) is 0 Å². The molecule has 0 radical (unpaired) electrons. The topological polar surface area (TPSA) is 38.1 Å². The van der Waals surface area contributed by atoms with Crippen LogP contribution in [-0.4, -0.2) is 29.7 Å². The Hall–Kier alpha value is -2.10. The summed E-state index contributed by atoms with van der Waals surface area (Å²) in [7, 11) is 5.85. The van der Waals surface area contributed by atoms with Gasteiger partial charge in [-0.2, -0.15) is 5.10 Å². The van der Waals surface area contributed by atoms with Gasteiger partial charge in [-0.25, -0.2) is 0 Å². The molecule has 0 aliphatic rings. The Morgan fingerprint density at radius 1 is 1.26 bits per heavy atom. The fourth-order valence-corrected chi connectivity index (χ4v) is 1.95. The Balaban J connectivity index is 1.96. The predicted octanol–water partition coefficient (Wildman–Crippen LogP) is 2.30. The van der Waals surface area contributed by atoms with Crippen LogP contribution in [-0.2, 0) is 13.5 Å². The van der Waals surface area contributed by atoms with Crippen LogP contribution < -0.4 is 4.90 Å². The summed E-state index contributed by atoms with van der Waals surface area (Å²) < 4.78 is 1.76. The molecule has 2 aromatic rings. The number of nitrogens with zero attached hydrogens (tertiary/aromatic N) is 3. The van der Waals surface area contributed by atoms with Gasteiger partial charge in [-0.05, 0) is 36.2 Å². The van der Waals surface area contributed by atoms with Gasteiger partial charge < -0.3 is 4.90 Å². The zero-order chi connectivity index (χ0) is 13.8. The third-order valence-corrected chi connectivity index (χ3v) is 3.10. The SMILES string of the molecule is CN(C)c1ccc(C(=O)CCc2cnn(C)c2)cc1. The number of hydrogen-bond donors (Lipinski definition) is 0. The van der Waals surface area contributed by atoms with Crippen LogP contribution in [0.2, 0.25) is 0 Å². The van der Waals surface area contributed by atoms with Crippen molar-refractivity contribution in [3.05, 3.63) is 47.8 Å². The van der Waals surface area contributed by atoms with E-state index in [4.69, 9.17) is 0 Å². The normalized spacial score (nSPS) is 10.5. The third kappa shape index (κ3) is 3.44. The molecule has 2 rings (SSSR count). The van der Waals surface area contributed by atoms with Gasteiger partial charge in [-0.1, -0.05) is 0 Å². The molecule has 4 heteroatoms. The molecular weight excluding hydrogens is 238 g/mol. The Kier molecular flexibility index (Phi) is 4.00. The molecule has 1 heterocycles. The molecule has 19 heavy (non-hydrogen) atoms. The van der Waals surface area contributed by atoms with Crippen LogP contribution in [0.4, 0.5) is 5.69 Å². The van der Waals surface area contributed by atoms with E-state index in [-0.39, 0.29) is 5.78 Å². The number of carbonyl (C=O) groups excluding carboxylic acids is 1. The van der Waals surface area contributed by atoms with Crippen molar-refractivity contribution < 1.29 is 4.79 Å². The molecule has 0 atom stereocenters. The first-order valence-electron chi connectivity index (χ1n) is 6.34. The van der Waals surface area contributed by atoms with Crippen molar-refractivity contribution in [2.45, 2.75) is 12.8 Å². The van der Waals surface area contributed by atoms with E-state index in [9.17, 15) is 4.79 Å². The molecule has 0 fully saturated rings. The average Bonchev–Trinajstić information content (AvgIpc) is 2.82. The van der Waals surface area contributed by atoms with Gasteiger partial charge >= 0.3 is 0 Å². The van der Waals surface area contributed by atoms with Gasteiger partial charge in [0.2, 0.25) is 0 Å². The van der Waals surface area contributed by atoms with E-state index < -0.39 is 0 Å². The summed E-state index contributed by atoms with van der Waals surface area (Å²) in [6.45, 7) is 0. The summed E-state index contributed by atoms with van der Waals surface area (Å²) in [5.41, 5.74) is 2.97. The van der Waals surface area contributed by atoms with Crippen LogP contribution in [0, 0.1) is 0 Å². The van der Waals surface area contributed by atoms with E-state index in [0.29, 0.717) is 6.42 Å². The smallest absolute Gasteiger partial charge is 0.163 e. The molecule has 0 saturated heterocycles. The number of aryl methyl sites for hydroxylation is 2. The summed E-state index contributed by atoms with van der Waals surface area (Å²) >= 11 is 0. The number of benzene rings is 1. The molecule has 1 aromatic carbocycles. The largest absolute Gasteiger partial charge is 0.378 e. The van der Waals surface area contributed by atoms with Crippen LogP contribution >= 0.6 is 0 Å². The highest BCUT2D eigenvalue weighted by Gasteiger charge is 2.07. The van der Waals surface area contributed by atoms with Crippen molar-refractivity contribution in [3.63, 3.8) is 0 Å². The maximum Gasteiger partial charge on any atom is 0.163 e. The van der Waals surface area contributed by atoms with Crippen molar-refractivity contribution in [1.82, 2.24) is 9.78 Å². The summed E-state index contributed by atoms with van der Waals surface area (Å²) in [6.07, 6.45) is 5.01. The number of aromatic nitrogens is 2. The lowest BCUT2D eigenvalue weighted by atomic mass is 10.0. The van der Waals surface area contributed by atoms with Gasteiger partial charge in [0.25, 0.3) is 0 Å². The van der Waals surface area contributed by atoms with Crippen molar-refractivity contribution in [1.29, 1.82) is 0 Å². The number of Topliss-reactive ketones (excluding diaryl/α,β-unsaturated/α-hetero) is 1. The van der Waals surface area contributed by atoms with Crippen molar-refractivity contribution >= 4 is 11.5 Å². The molecule has 100 valence electrons. The maximum atomic E-state index is 12.1. The van der Waals surface area contributed by atoms with Crippen molar-refractivity contribution in [2.75, 3.05) is 19.0 Å². The number of carbonyl (C=O) groups is 1. The highest BCUT2D eigenvalue weighted by atomic mass is 16.1. The Morgan fingerprint density at radius 2 is 1.95 bits per heavy atom. The molecule has 0 saturated carbocycles. The summed E-state index contributed by atoms with van der Waals surface area (Å²) in [5, 5.41) is 4.10. The monoisotopic (exact) mass is 257 g/mol. The molecule has 0 bridgehead atoms. The third-order valence-electron chi connectivity index (χ3n) is 3.10. The van der Waals surface area contributed by atoms with E-state index in [1.807, 2.05) is 62.7 Å². The molecule has 0 aliphatic heterocycles. The molecule has 1 aromatic heterocycles. The van der Waals surface area contributed by atoms with Gasteiger partial charge in [-0.3, -0.25) is 9.48 Å². The summed E-state index contributed by atoms with van der Waals surface area (Å²) in [5.74, 6) is 0.175. The van der Waals surface area contributed by atoms with Crippen LogP contribution in [0.5, 0.6) is 0 Å². The fourth-order valence-electron chi connectivity index (χ4n) is 1.95. The van der Waals surface area contributed by atoms with Crippen LogP contribution in [0.1, 0.15) is 22.3 Å². The summed E-state index contributed by atoms with van der Waals surface area (Å²) in [4.78, 5) is 14.1. The zero-order valence-corrected chi connectivity index (χ0v) is 11.6. The Labute approximate surface area is 113 Å². The van der Waals surface area contributed by atoms with E-state index in [1.54, 1.807) is 4.68 Å². The molecule has 4 nitrogen and oxygen atoms in total. The van der Waals surface area contributed by atoms with Crippen molar-refractivity contribution in [2.24, 2.45) is 7.05 Å². The predicted molar refractivity (Wildman–Crippen MR) is 76.6 cm³/mol. The van der Waals surface area contributed by atoms with Gasteiger partial charge in [0.15, 0.2) is 5.78 Å². The quantitative estimate of drug-likeness (QED) is 0.771. The minimum absolute atomic E-state index is 0.175. The van der Waals surface area contributed by atoms with E-state index in [0.717, 1.165) is 23.2 Å². The number of ketones is 1. The molecular formula is C15H19N3O. The molecule has 0 aliphatic carbocycles. The first-order valence-corrected chi connectivity index (χ1v) is 6.34. The molecule has 0 amide bonds. The molecule has 0 spiro atoms. The Morgan fingerprint density at radius 3 is 2.47 bits per heavy atom. The van der Waals surface area contributed by atoms with Crippen LogP contribution in [0.3, 0.4) is 0 Å². The lowest BCUT2D eigenvalue weighted by Gasteiger charge is -2.12. The average molecular weight is 257 g/mol. The minimum Gasteiger partial charge on any atom is -0.378 e. The highest BCUT2D eigenvalue weighted by Crippen LogP contribution is 2.14. The van der Waals surface area contributed by atoms with Gasteiger partial charge in [0.1, 0.15) is 0 Å². The second-order valence-electron chi connectivity index (χ2n) is 4.89. The standard InChI is InChI=1S/C15H19N3O/c1-17(2)14-7-5-13(6-8-14)15(19)9-4-12-10-16-18(3)11-12/h5-8,10-11H,4,9H2,1-3H3. The van der Waals surface area contributed by atoms with E-state index >= 15 is 0 Å². The second kappa shape index (κ2) is 5.69. The lowest BCUT2D eigenvalue weighted by Crippen LogP contribution is -2.09. The van der Waals surface area contributed by atoms with Gasteiger partial charge in [0, 0.05) is 45.0 Å². The Bertz CT molecular complexity index is 555. The fraction of sp³-hybridized carbons (Fsp3) is 0.333. The zero-order valence-electron chi connectivity index (χ0n) is 11.6. The van der Waals surface area contributed by atoms with E-state index in [2.05, 4.69) is 5.10 Å². The molecule has 0 unspecified atom stereocenters. The number of hydrogen-bond acceptors (Lipinski definition) is 3. The minimum atomic E-state index is 0.175. The highest BCUT2D eigenvalue weighted by molar-refractivity contribution is 5.96. The van der Waals surface area contributed by atoms with Gasteiger partial charge in [0.05, 0.1) is 6.20 Å². The number of rotatable bonds is 5.